The third-order valence-corrected chi connectivity index (χ3v) is 15.8. The molecule has 0 saturated heterocycles. The van der Waals surface area contributed by atoms with Crippen LogP contribution in [0.3, 0.4) is 0 Å². The lowest BCUT2D eigenvalue weighted by Crippen LogP contribution is -2.20. The number of carbonyl (C=O) groups is 2. The van der Waals surface area contributed by atoms with Gasteiger partial charge in [-0.3, -0.25) is 9.59 Å². The molecule has 0 saturated carbocycles. The molecule has 1 aliphatic carbocycles. The van der Waals surface area contributed by atoms with E-state index in [1.807, 2.05) is 0 Å². The summed E-state index contributed by atoms with van der Waals surface area (Å²) in [6.45, 7) is 17.6. The number of hydrogen-bond donors (Lipinski definition) is 2. The van der Waals surface area contributed by atoms with Crippen LogP contribution in [0.4, 0.5) is 0 Å². The second-order valence-electron chi connectivity index (χ2n) is 17.5. The first kappa shape index (κ1) is 42.1. The average Bonchev–Trinajstić information content (AvgIpc) is 3.91. The lowest BCUT2D eigenvalue weighted by molar-refractivity contribution is -0.115. The van der Waals surface area contributed by atoms with Crippen molar-refractivity contribution in [2.24, 2.45) is 0 Å². The molecular weight excluding hydrogens is 896 g/mol. The number of allylic oxidation sites excluding steroid dienone is 8. The van der Waals surface area contributed by atoms with E-state index in [9.17, 15) is 9.59 Å². The van der Waals surface area contributed by atoms with Crippen molar-refractivity contribution in [3.8, 4) is 22.3 Å². The van der Waals surface area contributed by atoms with Gasteiger partial charge in [0.25, 0.3) is 0 Å². The van der Waals surface area contributed by atoms with Crippen LogP contribution in [0.1, 0.15) is 122 Å². The smallest absolute Gasteiger partial charge is 0.197 e. The molecule has 6 aliphatic heterocycles. The van der Waals surface area contributed by atoms with Crippen molar-refractivity contribution in [3.05, 3.63) is 137 Å². The molecule has 0 fully saturated rings. The van der Waals surface area contributed by atoms with Gasteiger partial charge >= 0.3 is 0 Å². The number of benzene rings is 2. The SMILES string of the molecule is CC1=C(C)c2nc1cc1[nH]c(c(C)c1C)c1c3[nH]c(cc4nc(c2-c2ccccc2CCCCC2=C(Br)C(=O)C(=C(Br)C2=O)CCCCc2ccccc2-1)C(C)=C4C)c(C)c3C. The van der Waals surface area contributed by atoms with Crippen LogP contribution < -0.4 is 0 Å². The topological polar surface area (TPSA) is 91.5 Å². The monoisotopic (exact) mass is 946 g/mol. The molecule has 2 N–H and O–H groups in total. The number of aryl methyl sites for hydroxylation is 6. The fourth-order valence-corrected chi connectivity index (χ4v) is 10.9. The zero-order valence-corrected chi connectivity index (χ0v) is 40.1. The molecule has 0 amide bonds. The Kier molecular flexibility index (Phi) is 11.2. The van der Waals surface area contributed by atoms with Gasteiger partial charge in [-0.25, -0.2) is 9.97 Å². The fraction of sp³-hybridized carbons (Fsp3) is 0.296. The third kappa shape index (κ3) is 6.98. The van der Waals surface area contributed by atoms with Gasteiger partial charge < -0.3 is 9.97 Å². The van der Waals surface area contributed by atoms with Crippen LogP contribution in [0.25, 0.3) is 66.6 Å². The number of hydrogen-bond acceptors (Lipinski definition) is 4. The van der Waals surface area contributed by atoms with Gasteiger partial charge in [-0.05, 0) is 218 Å². The van der Waals surface area contributed by atoms with Crippen LogP contribution in [-0.4, -0.2) is 31.5 Å². The van der Waals surface area contributed by atoms with Crippen molar-refractivity contribution in [2.75, 3.05) is 0 Å². The second kappa shape index (κ2) is 16.5. The van der Waals surface area contributed by atoms with E-state index in [1.165, 1.54) is 33.4 Å². The lowest BCUT2D eigenvalue weighted by atomic mass is 9.88. The highest BCUT2D eigenvalue weighted by molar-refractivity contribution is 9.12. The highest BCUT2D eigenvalue weighted by atomic mass is 79.9. The van der Waals surface area contributed by atoms with Gasteiger partial charge in [-0.1, -0.05) is 48.5 Å². The normalized spacial score (nSPS) is 16.5. The van der Waals surface area contributed by atoms with Gasteiger partial charge in [0.1, 0.15) is 0 Å². The average molecular weight is 949 g/mol. The summed E-state index contributed by atoms with van der Waals surface area (Å²) in [7, 11) is 0. The Morgan fingerprint density at radius 2 is 0.871 bits per heavy atom. The van der Waals surface area contributed by atoms with Crippen LogP contribution in [0.5, 0.6) is 0 Å². The summed E-state index contributed by atoms with van der Waals surface area (Å²) < 4.78 is 0.818. The first-order valence-electron chi connectivity index (χ1n) is 21.9. The first-order chi connectivity index (χ1) is 29.8. The molecule has 0 radical (unpaired) electrons. The molecule has 0 atom stereocenters. The molecule has 2 aromatic carbocycles. The van der Waals surface area contributed by atoms with Gasteiger partial charge in [0.05, 0.1) is 42.8 Å². The molecule has 6 nitrogen and oxygen atoms in total. The molecule has 62 heavy (non-hydrogen) atoms. The maximum atomic E-state index is 13.9. The number of rotatable bonds is 0. The van der Waals surface area contributed by atoms with Crippen molar-refractivity contribution in [3.63, 3.8) is 0 Å². The standard InChI is InChI=1S/C54H52Br2N4O2/c1-27-31(5)49-45-37-21-13-9-17-35(37)19-11-15-23-39-47(55)54(62)40(48(56)53(39)61)24-16-12-20-36-18-10-14-22-38(36)46(51-32(6)28(2)42(58-51)25-41(27)57-49)52-34(8)30(4)44(60-52)26-43-29(3)33(7)50(45)59-43/h9-10,13-14,17-18,21-22,25-26,57,59H,11-12,15-16,19-20,23-24H2,1-8H3. The third-order valence-electron chi connectivity index (χ3n) is 14.1. The van der Waals surface area contributed by atoms with Crippen LogP contribution in [0, 0.1) is 27.7 Å². The molecule has 12 rings (SSSR count). The van der Waals surface area contributed by atoms with E-state index in [0.717, 1.165) is 128 Å². The minimum atomic E-state index is -0.0865. The highest BCUT2D eigenvalue weighted by Gasteiger charge is 2.32. The van der Waals surface area contributed by atoms with Crippen molar-refractivity contribution in [2.45, 2.75) is 107 Å². The van der Waals surface area contributed by atoms with E-state index in [-0.39, 0.29) is 11.6 Å². The largest absolute Gasteiger partial charge is 0.354 e. The fourth-order valence-electron chi connectivity index (χ4n) is 9.71. The van der Waals surface area contributed by atoms with Crippen LogP contribution >= 0.6 is 31.9 Å². The maximum absolute atomic E-state index is 13.9. The van der Waals surface area contributed by atoms with Crippen molar-refractivity contribution >= 4 is 87.8 Å². The summed E-state index contributed by atoms with van der Waals surface area (Å²) in [6.07, 6.45) is 5.85. The molecule has 8 heteroatoms. The Morgan fingerprint density at radius 3 is 1.31 bits per heavy atom. The number of halogens is 2. The Bertz CT molecular complexity index is 2990. The molecule has 7 aliphatic rings. The van der Waals surface area contributed by atoms with E-state index in [1.54, 1.807) is 0 Å². The molecule has 5 aromatic rings. The molecule has 9 heterocycles. The van der Waals surface area contributed by atoms with E-state index in [4.69, 9.17) is 9.97 Å². The summed E-state index contributed by atoms with van der Waals surface area (Å²) in [5, 5.41) is 0. The number of nitrogens with zero attached hydrogens (tertiary/aromatic N) is 2. The minimum Gasteiger partial charge on any atom is -0.354 e. The van der Waals surface area contributed by atoms with Crippen molar-refractivity contribution in [1.29, 1.82) is 0 Å². The molecule has 0 spiro atoms. The predicted molar refractivity (Wildman–Crippen MR) is 264 cm³/mol. The summed E-state index contributed by atoms with van der Waals surface area (Å²) in [4.78, 5) is 46.7. The second-order valence-corrected chi connectivity index (χ2v) is 19.1. The molecular formula is C54H52Br2N4O2. The van der Waals surface area contributed by atoms with E-state index >= 15 is 0 Å². The predicted octanol–water partition coefficient (Wildman–Crippen LogP) is 14.7. The highest BCUT2D eigenvalue weighted by Crippen LogP contribution is 2.45. The van der Waals surface area contributed by atoms with Crippen LogP contribution in [0.15, 0.2) is 80.8 Å². The van der Waals surface area contributed by atoms with Crippen LogP contribution in [-0.2, 0) is 22.4 Å². The Balaban J connectivity index is 1.40. The number of Topliss-reactive ketones (excluding diaryl/α,β-unsaturated/α-hetero) is 2. The number of aromatic nitrogens is 4. The molecule has 0 unspecified atom stereocenters. The summed E-state index contributed by atoms with van der Waals surface area (Å²) >= 11 is 7.20. The van der Waals surface area contributed by atoms with Crippen molar-refractivity contribution in [1.82, 2.24) is 19.9 Å². The lowest BCUT2D eigenvalue weighted by Gasteiger charge is -2.19. The Hall–Kier alpha value is -5.18. The number of ketones is 2. The van der Waals surface area contributed by atoms with Gasteiger partial charge in [0.2, 0.25) is 0 Å². The molecule has 3 aromatic heterocycles. The van der Waals surface area contributed by atoms with Gasteiger partial charge in [-0.15, -0.1) is 0 Å². The Morgan fingerprint density at radius 1 is 0.484 bits per heavy atom. The molecule has 314 valence electrons. The van der Waals surface area contributed by atoms with E-state index in [2.05, 4.69) is 158 Å². The number of aromatic amines is 2. The Labute approximate surface area is 381 Å². The number of H-pyrrole nitrogens is 2. The number of nitrogens with one attached hydrogen (secondary N) is 2. The van der Waals surface area contributed by atoms with E-state index < -0.39 is 0 Å². The summed E-state index contributed by atoms with van der Waals surface area (Å²) in [5.74, 6) is -0.172. The van der Waals surface area contributed by atoms with Gasteiger partial charge in [0, 0.05) is 33.3 Å². The van der Waals surface area contributed by atoms with Gasteiger partial charge in [0.15, 0.2) is 11.6 Å². The van der Waals surface area contributed by atoms with Crippen LogP contribution in [0.2, 0.25) is 0 Å². The maximum Gasteiger partial charge on any atom is 0.197 e. The summed E-state index contributed by atoms with van der Waals surface area (Å²) in [6, 6.07) is 21.8. The van der Waals surface area contributed by atoms with Gasteiger partial charge in [-0.2, -0.15) is 0 Å². The van der Waals surface area contributed by atoms with E-state index in [0.29, 0.717) is 33.0 Å². The number of carbonyl (C=O) groups excluding carboxylic acids is 2. The minimum absolute atomic E-state index is 0.0852. The quantitative estimate of drug-likeness (QED) is 0.151. The summed E-state index contributed by atoms with van der Waals surface area (Å²) in [5.41, 5.74) is 25.3. The van der Waals surface area contributed by atoms with Crippen molar-refractivity contribution < 1.29 is 9.59 Å². The first-order valence-corrected chi connectivity index (χ1v) is 23.5. The zero-order valence-electron chi connectivity index (χ0n) is 36.9. The zero-order chi connectivity index (χ0) is 43.7. The molecule has 12 bridgehead atoms.